The van der Waals surface area contributed by atoms with Crippen molar-refractivity contribution in [3.63, 3.8) is 0 Å². The van der Waals surface area contributed by atoms with E-state index in [0.29, 0.717) is 5.56 Å². The van der Waals surface area contributed by atoms with Crippen LogP contribution in [0.4, 0.5) is 4.79 Å². The third kappa shape index (κ3) is 3.64. The highest BCUT2D eigenvalue weighted by Crippen LogP contribution is 2.30. The molecular formula is C20H21N3O3S. The van der Waals surface area contributed by atoms with Gasteiger partial charge in [-0.3, -0.25) is 19.3 Å². The summed E-state index contributed by atoms with van der Waals surface area (Å²) in [7, 11) is 0. The Morgan fingerprint density at radius 2 is 1.74 bits per heavy atom. The van der Waals surface area contributed by atoms with Crippen molar-refractivity contribution < 1.29 is 14.4 Å². The van der Waals surface area contributed by atoms with E-state index in [1.807, 2.05) is 41.2 Å². The second-order valence-corrected chi connectivity index (χ2v) is 7.81. The first-order chi connectivity index (χ1) is 13.1. The lowest BCUT2D eigenvalue weighted by atomic mass is 9.89. The second kappa shape index (κ2) is 7.60. The molecule has 1 saturated carbocycles. The normalized spacial score (nSPS) is 22.9. The monoisotopic (exact) mass is 383 g/mol. The number of aromatic nitrogens is 1. The van der Waals surface area contributed by atoms with Crippen LogP contribution in [0.5, 0.6) is 0 Å². The summed E-state index contributed by atoms with van der Waals surface area (Å²) in [6.45, 7) is 0. The van der Waals surface area contributed by atoms with Gasteiger partial charge in [0, 0.05) is 23.6 Å². The van der Waals surface area contributed by atoms with Gasteiger partial charge in [-0.05, 0) is 49.2 Å². The lowest BCUT2D eigenvalue weighted by Crippen LogP contribution is -2.54. The number of carbonyl (C=O) groups is 3. The third-order valence-corrected chi connectivity index (χ3v) is 6.03. The number of benzene rings is 1. The number of nitrogens with zero attached hydrogens (tertiary/aromatic N) is 2. The fourth-order valence-electron chi connectivity index (χ4n) is 3.82. The van der Waals surface area contributed by atoms with Crippen molar-refractivity contribution in [2.24, 2.45) is 0 Å². The van der Waals surface area contributed by atoms with Gasteiger partial charge in [-0.1, -0.05) is 24.6 Å². The quantitative estimate of drug-likeness (QED) is 0.880. The second-order valence-electron chi connectivity index (χ2n) is 6.89. The molecular weight excluding hydrogens is 362 g/mol. The molecule has 0 bridgehead atoms. The molecule has 4 rings (SSSR count). The van der Waals surface area contributed by atoms with Crippen LogP contribution in [0.25, 0.3) is 5.69 Å². The molecule has 2 aliphatic rings. The van der Waals surface area contributed by atoms with Gasteiger partial charge in [0.1, 0.15) is 0 Å². The van der Waals surface area contributed by atoms with Gasteiger partial charge in [0.15, 0.2) is 0 Å². The van der Waals surface area contributed by atoms with Gasteiger partial charge in [-0.15, -0.1) is 0 Å². The Bertz CT molecular complexity index is 832. The first-order valence-electron chi connectivity index (χ1n) is 9.16. The van der Waals surface area contributed by atoms with Crippen LogP contribution in [0.2, 0.25) is 0 Å². The van der Waals surface area contributed by atoms with E-state index in [4.69, 9.17) is 0 Å². The maximum atomic E-state index is 12.7. The summed E-state index contributed by atoms with van der Waals surface area (Å²) >= 11 is 1.05. The largest absolute Gasteiger partial charge is 0.347 e. The van der Waals surface area contributed by atoms with Crippen molar-refractivity contribution >= 4 is 28.8 Å². The summed E-state index contributed by atoms with van der Waals surface area (Å²) in [5.41, 5.74) is 1.56. The minimum absolute atomic E-state index is 0.146. The predicted molar refractivity (Wildman–Crippen MR) is 104 cm³/mol. The minimum atomic E-state index is -0.239. The first kappa shape index (κ1) is 17.9. The molecule has 0 radical (unpaired) electrons. The van der Waals surface area contributed by atoms with E-state index in [1.54, 1.807) is 12.1 Å². The molecule has 0 spiro atoms. The van der Waals surface area contributed by atoms with Gasteiger partial charge in [-0.2, -0.15) is 0 Å². The highest BCUT2D eigenvalue weighted by atomic mass is 32.2. The van der Waals surface area contributed by atoms with Crippen LogP contribution in [0.3, 0.4) is 0 Å². The topological polar surface area (TPSA) is 71.4 Å². The van der Waals surface area contributed by atoms with E-state index in [2.05, 4.69) is 5.32 Å². The average Bonchev–Trinajstić information content (AvgIpc) is 3.33. The molecule has 2 fully saturated rings. The molecule has 7 heteroatoms. The molecule has 0 unspecified atom stereocenters. The van der Waals surface area contributed by atoms with E-state index in [0.717, 1.165) is 43.1 Å². The van der Waals surface area contributed by atoms with Gasteiger partial charge >= 0.3 is 0 Å². The van der Waals surface area contributed by atoms with Crippen LogP contribution in [0.1, 0.15) is 36.0 Å². The maximum Gasteiger partial charge on any atom is 0.289 e. The zero-order valence-electron chi connectivity index (χ0n) is 14.8. The maximum absolute atomic E-state index is 12.7. The summed E-state index contributed by atoms with van der Waals surface area (Å²) in [6, 6.07) is 10.9. The molecule has 1 aliphatic heterocycles. The van der Waals surface area contributed by atoms with Gasteiger partial charge in [0.25, 0.3) is 11.1 Å². The summed E-state index contributed by atoms with van der Waals surface area (Å²) in [6.07, 6.45) is 7.37. The fourth-order valence-corrected chi connectivity index (χ4v) is 4.58. The van der Waals surface area contributed by atoms with Crippen LogP contribution >= 0.6 is 11.8 Å². The number of thioether (sulfide) groups is 1. The van der Waals surface area contributed by atoms with E-state index in [-0.39, 0.29) is 34.9 Å². The van der Waals surface area contributed by atoms with Crippen molar-refractivity contribution in [3.8, 4) is 5.69 Å². The van der Waals surface area contributed by atoms with Crippen molar-refractivity contribution in [2.45, 2.75) is 37.8 Å². The first-order valence-corrected chi connectivity index (χ1v) is 10.1. The van der Waals surface area contributed by atoms with Crippen LogP contribution < -0.4 is 5.32 Å². The zero-order valence-corrected chi connectivity index (χ0v) is 15.7. The SMILES string of the molecule is O=C(N[C@H]1CCCC[C@@H]1N1C(=O)CSC1=O)c1ccc(-n2cccc2)cc1. The molecule has 1 saturated heterocycles. The molecule has 3 amide bonds. The highest BCUT2D eigenvalue weighted by molar-refractivity contribution is 8.14. The van der Waals surface area contributed by atoms with E-state index >= 15 is 0 Å². The van der Waals surface area contributed by atoms with Crippen LogP contribution in [-0.4, -0.2) is 44.4 Å². The van der Waals surface area contributed by atoms with Crippen LogP contribution in [0, 0.1) is 0 Å². The van der Waals surface area contributed by atoms with E-state index in [9.17, 15) is 14.4 Å². The summed E-state index contributed by atoms with van der Waals surface area (Å²) in [5, 5.41) is 2.86. The summed E-state index contributed by atoms with van der Waals surface area (Å²) < 4.78 is 1.97. The zero-order chi connectivity index (χ0) is 18.8. The number of hydrogen-bond acceptors (Lipinski definition) is 4. The molecule has 2 aromatic rings. The van der Waals surface area contributed by atoms with Crippen molar-refractivity contribution in [2.75, 3.05) is 5.75 Å². The molecule has 1 aromatic heterocycles. The average molecular weight is 383 g/mol. The fraction of sp³-hybridized carbons (Fsp3) is 0.350. The Morgan fingerprint density at radius 1 is 1.04 bits per heavy atom. The molecule has 1 aromatic carbocycles. The Hall–Kier alpha value is -2.54. The Labute approximate surface area is 161 Å². The lowest BCUT2D eigenvalue weighted by Gasteiger charge is -2.36. The molecule has 1 N–H and O–H groups in total. The Balaban J connectivity index is 1.47. The highest BCUT2D eigenvalue weighted by Gasteiger charge is 2.41. The van der Waals surface area contributed by atoms with Gasteiger partial charge < -0.3 is 9.88 Å². The van der Waals surface area contributed by atoms with Crippen molar-refractivity contribution in [3.05, 3.63) is 54.4 Å². The van der Waals surface area contributed by atoms with E-state index in [1.165, 1.54) is 4.90 Å². The van der Waals surface area contributed by atoms with Crippen LogP contribution in [0.15, 0.2) is 48.8 Å². The number of nitrogens with one attached hydrogen (secondary N) is 1. The van der Waals surface area contributed by atoms with Gasteiger partial charge in [0.05, 0.1) is 17.8 Å². The number of carbonyl (C=O) groups excluding carboxylic acids is 3. The lowest BCUT2D eigenvalue weighted by molar-refractivity contribution is -0.127. The molecule has 2 atom stereocenters. The van der Waals surface area contributed by atoms with E-state index < -0.39 is 0 Å². The Morgan fingerprint density at radius 3 is 2.41 bits per heavy atom. The van der Waals surface area contributed by atoms with Crippen LogP contribution in [-0.2, 0) is 4.79 Å². The van der Waals surface area contributed by atoms with Crippen molar-refractivity contribution in [1.82, 2.24) is 14.8 Å². The third-order valence-electron chi connectivity index (χ3n) is 5.19. The molecule has 6 nitrogen and oxygen atoms in total. The molecule has 140 valence electrons. The summed E-state index contributed by atoms with van der Waals surface area (Å²) in [5.74, 6) is -0.110. The number of rotatable bonds is 4. The number of hydrogen-bond donors (Lipinski definition) is 1. The molecule has 27 heavy (non-hydrogen) atoms. The number of amides is 3. The minimum Gasteiger partial charge on any atom is -0.347 e. The van der Waals surface area contributed by atoms with Gasteiger partial charge in [0.2, 0.25) is 5.91 Å². The van der Waals surface area contributed by atoms with Gasteiger partial charge in [-0.25, -0.2) is 0 Å². The smallest absolute Gasteiger partial charge is 0.289 e. The standard InChI is InChI=1S/C20H21N3O3S/c24-18-13-27-20(26)23(18)17-6-2-1-5-16(17)21-19(25)14-7-9-15(10-8-14)22-11-3-4-12-22/h3-4,7-12,16-17H,1-2,5-6,13H2,(H,21,25)/t16-,17-/m0/s1. The molecule has 1 aliphatic carbocycles. The predicted octanol–water partition coefficient (Wildman–Crippen LogP) is 3.21. The van der Waals surface area contributed by atoms with Crippen molar-refractivity contribution in [1.29, 1.82) is 0 Å². The number of imide groups is 1. The molecule has 2 heterocycles. The Kier molecular flexibility index (Phi) is 5.03. The summed E-state index contributed by atoms with van der Waals surface area (Å²) in [4.78, 5) is 38.3.